The fraction of sp³-hybridized carbons (Fsp3) is 0.263. The first-order valence-corrected chi connectivity index (χ1v) is 7.78. The van der Waals surface area contributed by atoms with E-state index in [4.69, 9.17) is 5.11 Å². The number of aromatic carboxylic acids is 1. The minimum atomic E-state index is -1.23. The van der Waals surface area contributed by atoms with Crippen LogP contribution in [0.2, 0.25) is 0 Å². The summed E-state index contributed by atoms with van der Waals surface area (Å²) in [7, 11) is 1.64. The first-order chi connectivity index (χ1) is 11.4. The van der Waals surface area contributed by atoms with Crippen LogP contribution in [0.5, 0.6) is 0 Å². The molecule has 0 aromatic heterocycles. The van der Waals surface area contributed by atoms with Crippen molar-refractivity contribution in [2.45, 2.75) is 25.8 Å². The predicted molar refractivity (Wildman–Crippen MR) is 89.7 cm³/mol. The zero-order valence-electron chi connectivity index (χ0n) is 13.7. The van der Waals surface area contributed by atoms with Crippen LogP contribution >= 0.6 is 0 Å². The average Bonchev–Trinajstić information content (AvgIpc) is 2.59. The lowest BCUT2D eigenvalue weighted by molar-refractivity contribution is 0.0689. The molecule has 0 fully saturated rings. The number of halogens is 1. The van der Waals surface area contributed by atoms with Crippen molar-refractivity contribution >= 4 is 11.9 Å². The lowest BCUT2D eigenvalue weighted by Gasteiger charge is -2.28. The van der Waals surface area contributed by atoms with Gasteiger partial charge in [0.2, 0.25) is 0 Å². The van der Waals surface area contributed by atoms with Crippen LogP contribution in [-0.2, 0) is 6.42 Å². The van der Waals surface area contributed by atoms with E-state index in [0.717, 1.165) is 18.1 Å². The Kier molecular flexibility index (Phi) is 5.68. The zero-order chi connectivity index (χ0) is 17.7. The molecular formula is C19H20FNO3. The molecule has 0 radical (unpaired) electrons. The Bertz CT molecular complexity index is 731. The van der Waals surface area contributed by atoms with Crippen LogP contribution in [0, 0.1) is 5.82 Å². The standard InChI is InChI=1S/C19H20FNO3/c1-3-15(11-13-7-5-4-6-8-13)21(2)18(22)16-10-9-14(19(23)24)12-17(16)20/h4-10,12,15H,3,11H2,1-2H3,(H,23,24). The summed E-state index contributed by atoms with van der Waals surface area (Å²) in [6.07, 6.45) is 1.40. The average molecular weight is 329 g/mol. The van der Waals surface area contributed by atoms with Crippen LogP contribution < -0.4 is 0 Å². The molecule has 1 unspecified atom stereocenters. The molecule has 0 saturated heterocycles. The van der Waals surface area contributed by atoms with Crippen molar-refractivity contribution in [2.75, 3.05) is 7.05 Å². The Balaban J connectivity index is 2.19. The van der Waals surface area contributed by atoms with Gasteiger partial charge in [0.1, 0.15) is 5.82 Å². The number of hydrogen-bond acceptors (Lipinski definition) is 2. The van der Waals surface area contributed by atoms with Gasteiger partial charge in [-0.15, -0.1) is 0 Å². The highest BCUT2D eigenvalue weighted by Crippen LogP contribution is 2.17. The van der Waals surface area contributed by atoms with E-state index < -0.39 is 17.7 Å². The van der Waals surface area contributed by atoms with Crippen molar-refractivity contribution < 1.29 is 19.1 Å². The molecule has 0 spiro atoms. The van der Waals surface area contributed by atoms with Gasteiger partial charge in [-0.3, -0.25) is 4.79 Å². The third-order valence-corrected chi connectivity index (χ3v) is 4.10. The highest BCUT2D eigenvalue weighted by molar-refractivity contribution is 5.96. The molecule has 0 aliphatic carbocycles. The van der Waals surface area contributed by atoms with E-state index >= 15 is 0 Å². The molecule has 2 aromatic carbocycles. The van der Waals surface area contributed by atoms with Crippen molar-refractivity contribution in [2.24, 2.45) is 0 Å². The molecule has 0 bridgehead atoms. The largest absolute Gasteiger partial charge is 0.478 e. The van der Waals surface area contributed by atoms with E-state index in [1.54, 1.807) is 7.05 Å². The normalized spacial score (nSPS) is 11.8. The second-order valence-corrected chi connectivity index (χ2v) is 5.67. The fourth-order valence-corrected chi connectivity index (χ4v) is 2.62. The van der Waals surface area contributed by atoms with Crippen molar-refractivity contribution in [1.82, 2.24) is 4.90 Å². The Labute approximate surface area is 140 Å². The quantitative estimate of drug-likeness (QED) is 0.880. The number of nitrogens with zero attached hydrogens (tertiary/aromatic N) is 1. The van der Waals surface area contributed by atoms with Gasteiger partial charge in [0.15, 0.2) is 0 Å². The molecule has 0 saturated carbocycles. The van der Waals surface area contributed by atoms with E-state index in [1.807, 2.05) is 37.3 Å². The van der Waals surface area contributed by atoms with E-state index in [0.29, 0.717) is 6.42 Å². The zero-order valence-corrected chi connectivity index (χ0v) is 13.7. The molecule has 1 amide bonds. The number of carbonyl (C=O) groups excluding carboxylic acids is 1. The highest BCUT2D eigenvalue weighted by Gasteiger charge is 2.23. The van der Waals surface area contributed by atoms with Crippen LogP contribution in [-0.4, -0.2) is 35.0 Å². The molecule has 2 rings (SSSR count). The van der Waals surface area contributed by atoms with E-state index in [2.05, 4.69) is 0 Å². The van der Waals surface area contributed by atoms with E-state index in [-0.39, 0.29) is 17.2 Å². The molecule has 24 heavy (non-hydrogen) atoms. The van der Waals surface area contributed by atoms with Crippen LogP contribution in [0.25, 0.3) is 0 Å². The van der Waals surface area contributed by atoms with Crippen molar-refractivity contribution in [3.8, 4) is 0 Å². The van der Waals surface area contributed by atoms with Gasteiger partial charge in [0, 0.05) is 13.1 Å². The number of likely N-dealkylation sites (N-methyl/N-ethyl adjacent to an activating group) is 1. The number of amides is 1. The highest BCUT2D eigenvalue weighted by atomic mass is 19.1. The summed E-state index contributed by atoms with van der Waals surface area (Å²) in [6.45, 7) is 1.97. The Morgan fingerprint density at radius 1 is 1.17 bits per heavy atom. The topological polar surface area (TPSA) is 57.6 Å². The SMILES string of the molecule is CCC(Cc1ccccc1)N(C)C(=O)c1ccc(C(=O)O)cc1F. The number of rotatable bonds is 6. The molecule has 1 N–H and O–H groups in total. The molecule has 126 valence electrons. The molecule has 4 nitrogen and oxygen atoms in total. The van der Waals surface area contributed by atoms with Crippen molar-refractivity contribution in [3.63, 3.8) is 0 Å². The summed E-state index contributed by atoms with van der Waals surface area (Å²) < 4.78 is 14.1. The van der Waals surface area contributed by atoms with Gasteiger partial charge in [-0.2, -0.15) is 0 Å². The van der Waals surface area contributed by atoms with Crippen LogP contribution in [0.1, 0.15) is 39.6 Å². The van der Waals surface area contributed by atoms with Crippen molar-refractivity contribution in [3.05, 3.63) is 71.0 Å². The summed E-state index contributed by atoms with van der Waals surface area (Å²) in [5.74, 6) is -2.50. The number of carbonyl (C=O) groups is 2. The number of benzene rings is 2. The molecule has 0 aliphatic rings. The Morgan fingerprint density at radius 2 is 1.83 bits per heavy atom. The lowest BCUT2D eigenvalue weighted by Crippen LogP contribution is -2.38. The maximum atomic E-state index is 14.1. The molecule has 5 heteroatoms. The van der Waals surface area contributed by atoms with Gasteiger partial charge in [0.05, 0.1) is 11.1 Å². The predicted octanol–water partition coefficient (Wildman–Crippen LogP) is 3.62. The second-order valence-electron chi connectivity index (χ2n) is 5.67. The van der Waals surface area contributed by atoms with Gasteiger partial charge >= 0.3 is 5.97 Å². The molecular weight excluding hydrogens is 309 g/mol. The first kappa shape index (κ1) is 17.7. The van der Waals surface area contributed by atoms with Gasteiger partial charge in [0.25, 0.3) is 5.91 Å². The van der Waals surface area contributed by atoms with Gasteiger partial charge < -0.3 is 10.0 Å². The van der Waals surface area contributed by atoms with Gasteiger partial charge in [-0.25, -0.2) is 9.18 Å². The third-order valence-electron chi connectivity index (χ3n) is 4.10. The molecule has 1 atom stereocenters. The summed E-state index contributed by atoms with van der Waals surface area (Å²) in [5, 5.41) is 8.88. The summed E-state index contributed by atoms with van der Waals surface area (Å²) in [6, 6.07) is 13.1. The maximum absolute atomic E-state index is 14.1. The monoisotopic (exact) mass is 329 g/mol. The number of hydrogen-bond donors (Lipinski definition) is 1. The molecule has 0 aliphatic heterocycles. The van der Waals surface area contributed by atoms with Gasteiger partial charge in [-0.05, 0) is 36.6 Å². The maximum Gasteiger partial charge on any atom is 0.335 e. The van der Waals surface area contributed by atoms with Crippen LogP contribution in [0.3, 0.4) is 0 Å². The Morgan fingerprint density at radius 3 is 2.38 bits per heavy atom. The minimum absolute atomic E-state index is 0.0709. The van der Waals surface area contributed by atoms with Crippen molar-refractivity contribution in [1.29, 1.82) is 0 Å². The van der Waals surface area contributed by atoms with Crippen LogP contribution in [0.15, 0.2) is 48.5 Å². The third kappa shape index (κ3) is 3.98. The summed E-state index contributed by atoms with van der Waals surface area (Å²) >= 11 is 0. The van der Waals surface area contributed by atoms with Crippen LogP contribution in [0.4, 0.5) is 4.39 Å². The van der Waals surface area contributed by atoms with E-state index in [1.165, 1.54) is 17.0 Å². The lowest BCUT2D eigenvalue weighted by atomic mass is 10.0. The van der Waals surface area contributed by atoms with E-state index in [9.17, 15) is 14.0 Å². The first-order valence-electron chi connectivity index (χ1n) is 7.78. The summed E-state index contributed by atoms with van der Waals surface area (Å²) in [5.41, 5.74) is 0.808. The summed E-state index contributed by atoms with van der Waals surface area (Å²) in [4.78, 5) is 25.0. The second kappa shape index (κ2) is 7.73. The smallest absolute Gasteiger partial charge is 0.335 e. The number of carboxylic acid groups (broad SMARTS) is 1. The minimum Gasteiger partial charge on any atom is -0.478 e. The molecule has 2 aromatic rings. The number of carboxylic acids is 1. The Hall–Kier alpha value is -2.69. The fourth-order valence-electron chi connectivity index (χ4n) is 2.62. The van der Waals surface area contributed by atoms with Gasteiger partial charge in [-0.1, -0.05) is 37.3 Å². The molecule has 0 heterocycles.